The number of hydrogen-bond acceptors (Lipinski definition) is 7. The topological polar surface area (TPSA) is 100 Å². The summed E-state index contributed by atoms with van der Waals surface area (Å²) in [6.45, 7) is 0.335. The summed E-state index contributed by atoms with van der Waals surface area (Å²) < 4.78 is 10.6. The van der Waals surface area contributed by atoms with Crippen LogP contribution in [-0.4, -0.2) is 53.2 Å². The van der Waals surface area contributed by atoms with E-state index in [4.69, 9.17) is 14.3 Å². The zero-order valence-corrected chi connectivity index (χ0v) is 14.1. The van der Waals surface area contributed by atoms with Crippen molar-refractivity contribution in [1.29, 1.82) is 0 Å². The fourth-order valence-electron chi connectivity index (χ4n) is 2.73. The van der Waals surface area contributed by atoms with Gasteiger partial charge in [-0.1, -0.05) is 6.07 Å². The SMILES string of the molecule is O=C(C1=C(O)C(=O)N(CCOCCO)C1c1ccco1)c1cccs1. The molecule has 1 aliphatic rings. The van der Waals surface area contributed by atoms with Gasteiger partial charge in [0.2, 0.25) is 5.78 Å². The summed E-state index contributed by atoms with van der Waals surface area (Å²) in [7, 11) is 0. The Hall–Kier alpha value is -2.42. The molecular weight excluding hydrogens is 346 g/mol. The number of aliphatic hydroxyl groups is 2. The van der Waals surface area contributed by atoms with Gasteiger partial charge in [-0.25, -0.2) is 0 Å². The second-order valence-electron chi connectivity index (χ2n) is 5.32. The predicted octanol–water partition coefficient (Wildman–Crippen LogP) is 1.93. The highest BCUT2D eigenvalue weighted by molar-refractivity contribution is 7.12. The Morgan fingerprint density at radius 1 is 1.32 bits per heavy atom. The minimum Gasteiger partial charge on any atom is -0.503 e. The van der Waals surface area contributed by atoms with Crippen LogP contribution in [0, 0.1) is 0 Å². The van der Waals surface area contributed by atoms with Gasteiger partial charge in [-0.05, 0) is 23.6 Å². The van der Waals surface area contributed by atoms with Gasteiger partial charge in [0.15, 0.2) is 5.76 Å². The maximum Gasteiger partial charge on any atom is 0.290 e. The van der Waals surface area contributed by atoms with E-state index in [9.17, 15) is 14.7 Å². The van der Waals surface area contributed by atoms with Crippen LogP contribution in [0.5, 0.6) is 0 Å². The monoisotopic (exact) mass is 363 g/mol. The Bertz CT molecular complexity index is 765. The van der Waals surface area contributed by atoms with Crippen LogP contribution < -0.4 is 0 Å². The molecule has 2 aromatic heterocycles. The van der Waals surface area contributed by atoms with Gasteiger partial charge in [0.05, 0.1) is 36.5 Å². The van der Waals surface area contributed by atoms with Crippen LogP contribution in [0.15, 0.2) is 51.7 Å². The Morgan fingerprint density at radius 3 is 2.80 bits per heavy atom. The van der Waals surface area contributed by atoms with Gasteiger partial charge >= 0.3 is 0 Å². The van der Waals surface area contributed by atoms with Crippen molar-refractivity contribution in [3.8, 4) is 0 Å². The molecule has 3 rings (SSSR count). The first-order valence-electron chi connectivity index (χ1n) is 7.69. The number of aliphatic hydroxyl groups excluding tert-OH is 2. The number of carbonyl (C=O) groups is 2. The fraction of sp³-hybridized carbons (Fsp3) is 0.294. The van der Waals surface area contributed by atoms with Gasteiger partial charge in [-0.2, -0.15) is 0 Å². The molecular formula is C17H17NO6S. The van der Waals surface area contributed by atoms with Gasteiger partial charge in [-0.15, -0.1) is 11.3 Å². The third kappa shape index (κ3) is 3.37. The molecule has 0 aromatic carbocycles. The maximum atomic E-state index is 12.8. The normalized spacial score (nSPS) is 17.6. The van der Waals surface area contributed by atoms with Crippen molar-refractivity contribution in [1.82, 2.24) is 4.90 Å². The molecule has 0 bridgehead atoms. The number of hydrogen-bond donors (Lipinski definition) is 2. The molecule has 132 valence electrons. The van der Waals surface area contributed by atoms with Crippen LogP contribution in [0.2, 0.25) is 0 Å². The summed E-state index contributed by atoms with van der Waals surface area (Å²) in [5.74, 6) is -1.23. The number of ketones is 1. The lowest BCUT2D eigenvalue weighted by molar-refractivity contribution is -0.130. The number of thiophene rings is 1. The smallest absolute Gasteiger partial charge is 0.290 e. The predicted molar refractivity (Wildman–Crippen MR) is 89.4 cm³/mol. The molecule has 2 N–H and O–H groups in total. The first-order chi connectivity index (χ1) is 12.1. The molecule has 0 saturated carbocycles. The molecule has 0 spiro atoms. The van der Waals surface area contributed by atoms with Gasteiger partial charge in [0.1, 0.15) is 11.8 Å². The van der Waals surface area contributed by atoms with Crippen LogP contribution in [-0.2, 0) is 9.53 Å². The van der Waals surface area contributed by atoms with E-state index >= 15 is 0 Å². The van der Waals surface area contributed by atoms with Crippen molar-refractivity contribution in [2.24, 2.45) is 0 Å². The van der Waals surface area contributed by atoms with Crippen molar-refractivity contribution >= 4 is 23.0 Å². The molecule has 1 amide bonds. The second-order valence-corrected chi connectivity index (χ2v) is 6.27. The molecule has 0 radical (unpaired) electrons. The molecule has 7 nitrogen and oxygen atoms in total. The largest absolute Gasteiger partial charge is 0.503 e. The summed E-state index contributed by atoms with van der Waals surface area (Å²) >= 11 is 1.24. The molecule has 0 aliphatic carbocycles. The summed E-state index contributed by atoms with van der Waals surface area (Å²) in [6, 6.07) is 5.87. The Kier molecular flexibility index (Phi) is 5.32. The van der Waals surface area contributed by atoms with Crippen molar-refractivity contribution in [2.75, 3.05) is 26.4 Å². The molecule has 25 heavy (non-hydrogen) atoms. The number of furan rings is 1. The van der Waals surface area contributed by atoms with E-state index in [-0.39, 0.29) is 31.9 Å². The first kappa shape index (κ1) is 17.4. The van der Waals surface area contributed by atoms with Gasteiger partial charge in [-0.3, -0.25) is 9.59 Å². The van der Waals surface area contributed by atoms with E-state index in [1.807, 2.05) is 0 Å². The minimum atomic E-state index is -0.810. The number of rotatable bonds is 8. The number of ether oxygens (including phenoxy) is 1. The Balaban J connectivity index is 1.91. The van der Waals surface area contributed by atoms with Gasteiger partial charge < -0.3 is 24.3 Å². The summed E-state index contributed by atoms with van der Waals surface area (Å²) in [5.41, 5.74) is 0.00422. The lowest BCUT2D eigenvalue weighted by Gasteiger charge is -2.24. The molecule has 1 unspecified atom stereocenters. The van der Waals surface area contributed by atoms with Crippen molar-refractivity contribution in [3.63, 3.8) is 0 Å². The molecule has 1 aliphatic heterocycles. The number of Topliss-reactive ketones (excluding diaryl/α,β-unsaturated/α-hetero) is 1. The quantitative estimate of drug-likeness (QED) is 0.549. The standard InChI is InChI=1S/C17H17NO6S/c19-6-9-23-8-5-18-14(11-3-1-7-24-11)13(16(21)17(18)22)15(20)12-4-2-10-25-12/h1-4,7,10,14,19,21H,5-6,8-9H2. The summed E-state index contributed by atoms with van der Waals surface area (Å²) in [5, 5.41) is 20.8. The molecule has 8 heteroatoms. The van der Waals surface area contributed by atoms with E-state index < -0.39 is 23.5 Å². The summed E-state index contributed by atoms with van der Waals surface area (Å²) in [4.78, 5) is 27.1. The lowest BCUT2D eigenvalue weighted by atomic mass is 10.0. The van der Waals surface area contributed by atoms with Crippen LogP contribution in [0.25, 0.3) is 0 Å². The Morgan fingerprint density at radius 2 is 2.16 bits per heavy atom. The van der Waals surface area contributed by atoms with Crippen molar-refractivity contribution in [3.05, 3.63) is 57.9 Å². The van der Waals surface area contributed by atoms with Crippen LogP contribution >= 0.6 is 11.3 Å². The highest BCUT2D eigenvalue weighted by Crippen LogP contribution is 2.39. The van der Waals surface area contributed by atoms with E-state index in [1.165, 1.54) is 22.5 Å². The van der Waals surface area contributed by atoms with Gasteiger partial charge in [0.25, 0.3) is 5.91 Å². The fourth-order valence-corrected chi connectivity index (χ4v) is 3.41. The average molecular weight is 363 g/mol. The highest BCUT2D eigenvalue weighted by atomic mass is 32.1. The Labute approximate surface area is 147 Å². The lowest BCUT2D eigenvalue weighted by Crippen LogP contribution is -2.34. The van der Waals surface area contributed by atoms with Crippen molar-refractivity contribution in [2.45, 2.75) is 6.04 Å². The van der Waals surface area contributed by atoms with Gasteiger partial charge in [0, 0.05) is 6.54 Å². The molecule has 0 fully saturated rings. The van der Waals surface area contributed by atoms with Crippen LogP contribution in [0.3, 0.4) is 0 Å². The minimum absolute atomic E-state index is 0.00422. The number of carbonyl (C=O) groups excluding carboxylic acids is 2. The van der Waals surface area contributed by atoms with E-state index in [1.54, 1.807) is 29.6 Å². The third-order valence-electron chi connectivity index (χ3n) is 3.82. The molecule has 1 atom stereocenters. The van der Waals surface area contributed by atoms with Crippen molar-refractivity contribution < 1.29 is 29.0 Å². The summed E-state index contributed by atoms with van der Waals surface area (Å²) in [6.07, 6.45) is 1.45. The average Bonchev–Trinajstić information content (AvgIpc) is 3.35. The zero-order chi connectivity index (χ0) is 17.8. The molecule has 3 heterocycles. The number of nitrogens with zero attached hydrogens (tertiary/aromatic N) is 1. The van der Waals surface area contributed by atoms with Crippen LogP contribution in [0.4, 0.5) is 0 Å². The highest BCUT2D eigenvalue weighted by Gasteiger charge is 2.45. The molecule has 2 aromatic rings. The van der Waals surface area contributed by atoms with Crippen LogP contribution in [0.1, 0.15) is 21.5 Å². The second kappa shape index (κ2) is 7.64. The van der Waals surface area contributed by atoms with E-state index in [0.29, 0.717) is 10.6 Å². The van der Waals surface area contributed by atoms with E-state index in [0.717, 1.165) is 0 Å². The number of amides is 1. The third-order valence-corrected chi connectivity index (χ3v) is 4.69. The maximum absolute atomic E-state index is 12.8. The zero-order valence-electron chi connectivity index (χ0n) is 13.3. The van der Waals surface area contributed by atoms with E-state index in [2.05, 4.69) is 0 Å². The molecule has 0 saturated heterocycles. The first-order valence-corrected chi connectivity index (χ1v) is 8.57.